The molecule has 0 atom stereocenters. The average Bonchev–Trinajstić information content (AvgIpc) is 3.52. The van der Waals surface area contributed by atoms with Crippen LogP contribution in [0.2, 0.25) is 0 Å². The van der Waals surface area contributed by atoms with Gasteiger partial charge in [0.05, 0.1) is 27.9 Å². The summed E-state index contributed by atoms with van der Waals surface area (Å²) in [7, 11) is 0. The van der Waals surface area contributed by atoms with Crippen molar-refractivity contribution >= 4 is 33.4 Å². The average molecular weight is 394 g/mol. The van der Waals surface area contributed by atoms with Gasteiger partial charge in [0.2, 0.25) is 0 Å². The zero-order valence-corrected chi connectivity index (χ0v) is 15.9. The van der Waals surface area contributed by atoms with E-state index in [2.05, 4.69) is 43.1 Å². The minimum absolute atomic E-state index is 0.694. The predicted molar refractivity (Wildman–Crippen MR) is 116 cm³/mol. The smallest absolute Gasteiger partial charge is 0.161 e. The number of thiophene rings is 1. The Morgan fingerprint density at radius 1 is 0.793 bits per heavy atom. The van der Waals surface area contributed by atoms with Gasteiger partial charge in [0.25, 0.3) is 0 Å². The van der Waals surface area contributed by atoms with Crippen molar-refractivity contribution in [1.82, 2.24) is 30.1 Å². The third kappa shape index (κ3) is 2.63. The fraction of sp³-hybridized carbons (Fsp3) is 0. The van der Waals surface area contributed by atoms with Gasteiger partial charge in [0.1, 0.15) is 5.52 Å². The highest BCUT2D eigenvalue weighted by Gasteiger charge is 2.17. The molecule has 0 aliphatic carbocycles. The molecule has 0 aliphatic heterocycles. The Morgan fingerprint density at radius 3 is 2.66 bits per heavy atom. The van der Waals surface area contributed by atoms with E-state index in [1.807, 2.05) is 42.5 Å². The zero-order chi connectivity index (χ0) is 19.2. The lowest BCUT2D eigenvalue weighted by Crippen LogP contribution is -1.88. The molecule has 0 radical (unpaired) electrons. The molecule has 6 rings (SSSR count). The number of imidazole rings is 1. The van der Waals surface area contributed by atoms with E-state index < -0.39 is 0 Å². The van der Waals surface area contributed by atoms with Crippen molar-refractivity contribution < 1.29 is 0 Å². The van der Waals surface area contributed by atoms with Crippen LogP contribution < -0.4 is 0 Å². The van der Waals surface area contributed by atoms with Crippen LogP contribution in [0.25, 0.3) is 56.1 Å². The Morgan fingerprint density at radius 2 is 1.79 bits per heavy atom. The highest BCUT2D eigenvalue weighted by Crippen LogP contribution is 2.32. The van der Waals surface area contributed by atoms with Crippen molar-refractivity contribution in [3.63, 3.8) is 0 Å². The van der Waals surface area contributed by atoms with Crippen LogP contribution in [0, 0.1) is 0 Å². The zero-order valence-electron chi connectivity index (χ0n) is 15.1. The van der Waals surface area contributed by atoms with E-state index in [0.29, 0.717) is 11.5 Å². The molecule has 0 aliphatic rings. The molecule has 2 N–H and O–H groups in total. The number of aromatic nitrogens is 6. The number of H-pyrrole nitrogens is 2. The van der Waals surface area contributed by atoms with Crippen molar-refractivity contribution in [2.45, 2.75) is 0 Å². The van der Waals surface area contributed by atoms with Crippen LogP contribution in [0.5, 0.6) is 0 Å². The second-order valence-electron chi connectivity index (χ2n) is 6.68. The van der Waals surface area contributed by atoms with Gasteiger partial charge in [-0.2, -0.15) is 16.4 Å². The van der Waals surface area contributed by atoms with E-state index >= 15 is 0 Å². The van der Waals surface area contributed by atoms with Crippen molar-refractivity contribution in [3.05, 3.63) is 71.6 Å². The normalized spacial score (nSPS) is 11.4. The van der Waals surface area contributed by atoms with E-state index in [1.165, 1.54) is 5.56 Å². The van der Waals surface area contributed by atoms with Crippen LogP contribution in [0.4, 0.5) is 0 Å². The summed E-state index contributed by atoms with van der Waals surface area (Å²) < 4.78 is 0. The van der Waals surface area contributed by atoms with E-state index in [1.54, 1.807) is 17.5 Å². The lowest BCUT2D eigenvalue weighted by molar-refractivity contribution is 1.10. The molecule has 6 aromatic rings. The molecule has 0 saturated carbocycles. The Kier molecular flexibility index (Phi) is 3.54. The first-order valence-corrected chi connectivity index (χ1v) is 10.1. The molecule has 0 fully saturated rings. The molecule has 1 aromatic carbocycles. The molecule has 0 spiro atoms. The first-order valence-electron chi connectivity index (χ1n) is 9.15. The van der Waals surface area contributed by atoms with E-state index in [0.717, 1.165) is 39.0 Å². The van der Waals surface area contributed by atoms with E-state index in [4.69, 9.17) is 9.97 Å². The Bertz CT molecular complexity index is 1450. The summed E-state index contributed by atoms with van der Waals surface area (Å²) in [6.07, 6.45) is 1.77. The number of fused-ring (bicyclic) bond motifs is 2. The quantitative estimate of drug-likeness (QED) is 0.427. The van der Waals surface area contributed by atoms with Crippen molar-refractivity contribution in [1.29, 1.82) is 0 Å². The van der Waals surface area contributed by atoms with E-state index in [-0.39, 0.29) is 0 Å². The SMILES string of the molecule is c1ccc(-c2ccc3[nH]nc(-c4nc5c(-c6ccsc6)cccc5[nH]4)c3n2)nc1. The fourth-order valence-corrected chi connectivity index (χ4v) is 4.17. The van der Waals surface area contributed by atoms with Crippen LogP contribution in [-0.4, -0.2) is 30.1 Å². The second-order valence-corrected chi connectivity index (χ2v) is 7.46. The minimum Gasteiger partial charge on any atom is -0.336 e. The topological polar surface area (TPSA) is 83.1 Å². The molecule has 138 valence electrons. The third-order valence-electron chi connectivity index (χ3n) is 4.90. The predicted octanol–water partition coefficient (Wildman–Crippen LogP) is 5.29. The molecule has 0 saturated heterocycles. The van der Waals surface area contributed by atoms with Crippen molar-refractivity contribution in [3.8, 4) is 34.0 Å². The summed E-state index contributed by atoms with van der Waals surface area (Å²) in [5, 5.41) is 11.8. The molecule has 0 unspecified atom stereocenters. The maximum atomic E-state index is 4.87. The molecule has 0 amide bonds. The van der Waals surface area contributed by atoms with Gasteiger partial charge in [0, 0.05) is 11.8 Å². The molecule has 7 heteroatoms. The molecule has 0 bridgehead atoms. The fourth-order valence-electron chi connectivity index (χ4n) is 3.52. The van der Waals surface area contributed by atoms with Crippen LogP contribution in [0.3, 0.4) is 0 Å². The second kappa shape index (κ2) is 6.35. The maximum absolute atomic E-state index is 4.87. The molecule has 5 aromatic heterocycles. The minimum atomic E-state index is 0.694. The first-order chi connectivity index (χ1) is 14.4. The lowest BCUT2D eigenvalue weighted by atomic mass is 10.1. The van der Waals surface area contributed by atoms with Gasteiger partial charge in [0.15, 0.2) is 11.5 Å². The molecular weight excluding hydrogens is 380 g/mol. The summed E-state index contributed by atoms with van der Waals surface area (Å²) in [4.78, 5) is 17.5. The number of nitrogens with one attached hydrogen (secondary N) is 2. The van der Waals surface area contributed by atoms with Gasteiger partial charge in [-0.25, -0.2) is 9.97 Å². The lowest BCUT2D eigenvalue weighted by Gasteiger charge is -2.00. The molecular formula is C22H14N6S. The largest absolute Gasteiger partial charge is 0.336 e. The first kappa shape index (κ1) is 16.1. The monoisotopic (exact) mass is 394 g/mol. The summed E-state index contributed by atoms with van der Waals surface area (Å²) in [5.41, 5.74) is 8.13. The number of pyridine rings is 2. The number of nitrogens with zero attached hydrogens (tertiary/aromatic N) is 4. The molecule has 6 nitrogen and oxygen atoms in total. The van der Waals surface area contributed by atoms with Crippen LogP contribution in [0.1, 0.15) is 0 Å². The van der Waals surface area contributed by atoms with Crippen molar-refractivity contribution in [2.75, 3.05) is 0 Å². The highest BCUT2D eigenvalue weighted by molar-refractivity contribution is 7.08. The number of hydrogen-bond donors (Lipinski definition) is 2. The maximum Gasteiger partial charge on any atom is 0.161 e. The standard InChI is InChI=1S/C22H14N6S/c1-2-10-23-15(5-1)16-7-8-18-20(24-16)21(28-27-18)22-25-17-6-3-4-14(19(17)26-22)13-9-11-29-12-13/h1-12H,(H,25,26)(H,27,28). The van der Waals surface area contributed by atoms with Crippen LogP contribution >= 0.6 is 11.3 Å². The summed E-state index contributed by atoms with van der Waals surface area (Å²) in [6.45, 7) is 0. The summed E-state index contributed by atoms with van der Waals surface area (Å²) >= 11 is 1.68. The van der Waals surface area contributed by atoms with Crippen LogP contribution in [-0.2, 0) is 0 Å². The highest BCUT2D eigenvalue weighted by atomic mass is 32.1. The number of aromatic amines is 2. The molecule has 5 heterocycles. The summed E-state index contributed by atoms with van der Waals surface area (Å²) in [5.74, 6) is 0.694. The Balaban J connectivity index is 1.53. The number of benzene rings is 1. The van der Waals surface area contributed by atoms with Gasteiger partial charge in [-0.15, -0.1) is 0 Å². The van der Waals surface area contributed by atoms with Gasteiger partial charge in [-0.1, -0.05) is 18.2 Å². The number of rotatable bonds is 3. The van der Waals surface area contributed by atoms with Crippen molar-refractivity contribution in [2.24, 2.45) is 0 Å². The number of hydrogen-bond acceptors (Lipinski definition) is 5. The Hall–Kier alpha value is -3.84. The van der Waals surface area contributed by atoms with Gasteiger partial charge >= 0.3 is 0 Å². The van der Waals surface area contributed by atoms with Gasteiger partial charge in [-0.3, -0.25) is 10.1 Å². The van der Waals surface area contributed by atoms with E-state index in [9.17, 15) is 0 Å². The van der Waals surface area contributed by atoms with Gasteiger partial charge in [-0.05, 0) is 52.7 Å². The summed E-state index contributed by atoms with van der Waals surface area (Å²) in [6, 6.07) is 18.0. The number of para-hydroxylation sites is 1. The van der Waals surface area contributed by atoms with Gasteiger partial charge < -0.3 is 4.98 Å². The van der Waals surface area contributed by atoms with Crippen LogP contribution in [0.15, 0.2) is 71.6 Å². The third-order valence-corrected chi connectivity index (χ3v) is 5.59. The molecule has 29 heavy (non-hydrogen) atoms. The Labute approximate surface area is 169 Å².